The topological polar surface area (TPSA) is 75.7 Å². The Morgan fingerprint density at radius 2 is 1.85 bits per heavy atom. The maximum Gasteiger partial charge on any atom is 0.341 e. The molecular formula is C20H28N2O4S. The zero-order chi connectivity index (χ0) is 19.6. The highest BCUT2D eigenvalue weighted by Gasteiger charge is 2.33. The molecule has 3 rings (SSSR count). The molecule has 1 saturated carbocycles. The van der Waals surface area contributed by atoms with Crippen LogP contribution in [0.1, 0.15) is 59.8 Å². The molecule has 1 saturated heterocycles. The van der Waals surface area contributed by atoms with E-state index in [2.05, 4.69) is 5.32 Å². The van der Waals surface area contributed by atoms with E-state index in [-0.39, 0.29) is 18.4 Å². The summed E-state index contributed by atoms with van der Waals surface area (Å²) in [7, 11) is 0. The maximum absolute atomic E-state index is 12.6. The number of nitrogens with one attached hydrogen (secondary N) is 1. The van der Waals surface area contributed by atoms with Crippen LogP contribution in [0.4, 0.5) is 5.00 Å². The van der Waals surface area contributed by atoms with Gasteiger partial charge in [-0.2, -0.15) is 0 Å². The van der Waals surface area contributed by atoms with Crippen LogP contribution in [0, 0.1) is 25.7 Å². The number of likely N-dealkylation sites (tertiary alicyclic amines) is 1. The second kappa shape index (κ2) is 8.42. The molecule has 0 spiro atoms. The van der Waals surface area contributed by atoms with Crippen molar-refractivity contribution in [3.8, 4) is 0 Å². The number of nitrogens with zero attached hydrogens (tertiary/aromatic N) is 1. The molecule has 2 atom stereocenters. The Balaban J connectivity index is 1.59. The standard InChI is InChI=1S/C20H28N2O4S/c1-12-13(2)27-19(21-14(3)23)18(12)20(25)26-11-17(24)22-9-8-15-6-4-5-7-16(15)10-22/h15-16H,4-11H2,1-3H3,(H,21,23)/t15-,16+/m1/s1. The van der Waals surface area contributed by atoms with Crippen molar-refractivity contribution in [2.45, 2.75) is 52.9 Å². The molecular weight excluding hydrogens is 364 g/mol. The van der Waals surface area contributed by atoms with Crippen molar-refractivity contribution < 1.29 is 19.1 Å². The lowest BCUT2D eigenvalue weighted by Crippen LogP contribution is -2.46. The van der Waals surface area contributed by atoms with Gasteiger partial charge in [0.05, 0.1) is 5.56 Å². The van der Waals surface area contributed by atoms with E-state index in [1.807, 2.05) is 18.7 Å². The number of rotatable bonds is 4. The number of anilines is 1. The summed E-state index contributed by atoms with van der Waals surface area (Å²) in [6.07, 6.45) is 6.09. The highest BCUT2D eigenvalue weighted by Crippen LogP contribution is 2.36. The predicted molar refractivity (Wildman–Crippen MR) is 105 cm³/mol. The number of amides is 2. The van der Waals surface area contributed by atoms with Crippen LogP contribution in [-0.2, 0) is 14.3 Å². The number of hydrogen-bond acceptors (Lipinski definition) is 5. The van der Waals surface area contributed by atoms with Crippen molar-refractivity contribution in [1.29, 1.82) is 0 Å². The van der Waals surface area contributed by atoms with Crippen LogP contribution in [-0.4, -0.2) is 42.4 Å². The maximum atomic E-state index is 12.6. The zero-order valence-corrected chi connectivity index (χ0v) is 17.1. The summed E-state index contributed by atoms with van der Waals surface area (Å²) in [5, 5.41) is 3.17. The van der Waals surface area contributed by atoms with Crippen molar-refractivity contribution in [1.82, 2.24) is 4.90 Å². The van der Waals surface area contributed by atoms with Gasteiger partial charge < -0.3 is 15.0 Å². The molecule has 1 aliphatic carbocycles. The van der Waals surface area contributed by atoms with Crippen LogP contribution in [0.2, 0.25) is 0 Å². The van der Waals surface area contributed by atoms with Crippen molar-refractivity contribution in [2.75, 3.05) is 25.0 Å². The molecule has 148 valence electrons. The van der Waals surface area contributed by atoms with E-state index in [9.17, 15) is 14.4 Å². The number of aryl methyl sites for hydroxylation is 1. The zero-order valence-electron chi connectivity index (χ0n) is 16.3. The third kappa shape index (κ3) is 4.51. The van der Waals surface area contributed by atoms with Gasteiger partial charge in [0.2, 0.25) is 5.91 Å². The van der Waals surface area contributed by atoms with Crippen LogP contribution in [0.25, 0.3) is 0 Å². The van der Waals surface area contributed by atoms with Gasteiger partial charge in [-0.1, -0.05) is 19.3 Å². The van der Waals surface area contributed by atoms with Crippen molar-refractivity contribution in [3.63, 3.8) is 0 Å². The smallest absolute Gasteiger partial charge is 0.341 e. The third-order valence-corrected chi connectivity index (χ3v) is 6.97. The second-order valence-corrected chi connectivity index (χ2v) is 8.90. The fraction of sp³-hybridized carbons (Fsp3) is 0.650. The minimum absolute atomic E-state index is 0.127. The Morgan fingerprint density at radius 1 is 1.15 bits per heavy atom. The van der Waals surface area contributed by atoms with Gasteiger partial charge in [-0.3, -0.25) is 9.59 Å². The number of thiophene rings is 1. The molecule has 7 heteroatoms. The number of fused-ring (bicyclic) bond motifs is 1. The lowest BCUT2D eigenvalue weighted by Gasteiger charge is -2.41. The van der Waals surface area contributed by atoms with Crippen LogP contribution in [0.5, 0.6) is 0 Å². The first-order chi connectivity index (χ1) is 12.9. The number of esters is 1. The molecule has 0 radical (unpaired) electrons. The normalized spacial score (nSPS) is 22.1. The molecule has 2 aliphatic rings. The number of piperidine rings is 1. The molecule has 0 unspecified atom stereocenters. The van der Waals surface area contributed by atoms with Gasteiger partial charge >= 0.3 is 5.97 Å². The molecule has 1 aromatic heterocycles. The summed E-state index contributed by atoms with van der Waals surface area (Å²) < 4.78 is 5.32. The molecule has 1 N–H and O–H groups in total. The average molecular weight is 393 g/mol. The Bertz CT molecular complexity index is 743. The van der Waals surface area contributed by atoms with E-state index < -0.39 is 5.97 Å². The van der Waals surface area contributed by atoms with Crippen LogP contribution < -0.4 is 5.32 Å². The van der Waals surface area contributed by atoms with Gasteiger partial charge in [0.25, 0.3) is 5.91 Å². The Labute approximate surface area is 164 Å². The lowest BCUT2D eigenvalue weighted by atomic mass is 9.75. The Kier molecular flexibility index (Phi) is 6.19. The first kappa shape index (κ1) is 19.9. The van der Waals surface area contributed by atoms with Gasteiger partial charge in [0, 0.05) is 24.9 Å². The molecule has 1 aromatic rings. The Morgan fingerprint density at radius 3 is 2.56 bits per heavy atom. The SMILES string of the molecule is CC(=O)Nc1sc(C)c(C)c1C(=O)OCC(=O)N1CC[C@H]2CCCC[C@H]2C1. The van der Waals surface area contributed by atoms with Gasteiger partial charge in [0.1, 0.15) is 5.00 Å². The van der Waals surface area contributed by atoms with Crippen LogP contribution >= 0.6 is 11.3 Å². The number of ether oxygens (including phenoxy) is 1. The molecule has 1 aliphatic heterocycles. The molecule has 2 amide bonds. The van der Waals surface area contributed by atoms with E-state index in [4.69, 9.17) is 4.74 Å². The summed E-state index contributed by atoms with van der Waals surface area (Å²) >= 11 is 1.34. The summed E-state index contributed by atoms with van der Waals surface area (Å²) in [6, 6.07) is 0. The molecule has 27 heavy (non-hydrogen) atoms. The molecule has 2 heterocycles. The minimum Gasteiger partial charge on any atom is -0.452 e. The van der Waals surface area contributed by atoms with Crippen molar-refractivity contribution >= 4 is 34.1 Å². The van der Waals surface area contributed by atoms with Crippen LogP contribution in [0.15, 0.2) is 0 Å². The van der Waals surface area contributed by atoms with E-state index in [1.165, 1.54) is 43.9 Å². The van der Waals surface area contributed by atoms with Gasteiger partial charge in [-0.05, 0) is 44.1 Å². The van der Waals surface area contributed by atoms with E-state index in [1.54, 1.807) is 0 Å². The highest BCUT2D eigenvalue weighted by atomic mass is 32.1. The summed E-state index contributed by atoms with van der Waals surface area (Å²) in [6.45, 7) is 6.41. The first-order valence-corrected chi connectivity index (χ1v) is 10.5. The summed E-state index contributed by atoms with van der Waals surface area (Å²) in [5.74, 6) is 0.429. The predicted octanol–water partition coefficient (Wildman–Crippen LogP) is 3.52. The quantitative estimate of drug-likeness (QED) is 0.796. The number of carbonyl (C=O) groups excluding carboxylic acids is 3. The minimum atomic E-state index is -0.554. The summed E-state index contributed by atoms with van der Waals surface area (Å²) in [4.78, 5) is 39.3. The fourth-order valence-electron chi connectivity index (χ4n) is 4.24. The van der Waals surface area contributed by atoms with E-state index in [0.29, 0.717) is 16.5 Å². The van der Waals surface area contributed by atoms with Gasteiger partial charge in [-0.25, -0.2) is 4.79 Å². The van der Waals surface area contributed by atoms with Gasteiger partial charge in [0.15, 0.2) is 6.61 Å². The van der Waals surface area contributed by atoms with Crippen LogP contribution in [0.3, 0.4) is 0 Å². The Hall–Kier alpha value is -1.89. The average Bonchev–Trinajstić information content (AvgIpc) is 2.92. The molecule has 0 bridgehead atoms. The van der Waals surface area contributed by atoms with Gasteiger partial charge in [-0.15, -0.1) is 11.3 Å². The third-order valence-electron chi connectivity index (χ3n) is 5.85. The summed E-state index contributed by atoms with van der Waals surface area (Å²) in [5.41, 5.74) is 1.13. The van der Waals surface area contributed by atoms with Crippen molar-refractivity contribution in [2.24, 2.45) is 11.8 Å². The lowest BCUT2D eigenvalue weighted by molar-refractivity contribution is -0.137. The second-order valence-electron chi connectivity index (χ2n) is 7.68. The van der Waals surface area contributed by atoms with Crippen molar-refractivity contribution in [3.05, 3.63) is 16.0 Å². The number of carbonyl (C=O) groups is 3. The fourth-order valence-corrected chi connectivity index (χ4v) is 5.33. The van der Waals surface area contributed by atoms with E-state index >= 15 is 0 Å². The van der Waals surface area contributed by atoms with E-state index in [0.717, 1.165) is 35.9 Å². The first-order valence-electron chi connectivity index (χ1n) is 9.69. The molecule has 2 fully saturated rings. The highest BCUT2D eigenvalue weighted by molar-refractivity contribution is 7.16. The monoisotopic (exact) mass is 392 g/mol. The largest absolute Gasteiger partial charge is 0.452 e. The number of hydrogen-bond donors (Lipinski definition) is 1. The molecule has 6 nitrogen and oxygen atoms in total. The molecule has 0 aromatic carbocycles.